The smallest absolute Gasteiger partial charge is 0.246 e. The van der Waals surface area contributed by atoms with Crippen molar-refractivity contribution < 1.29 is 13.2 Å². The standard InChI is InChI=1S/C15H26N4O3S.ClH/c1-3-18-10-14(8-17-18)23(20,21)19-9-13(11-22-2)15(12-19)4-6-16-7-5-15;/h8,10,13,16H,3-7,9,11-12H2,1-2H3;1H. The number of nitrogens with one attached hydrogen (secondary N) is 1. The molecule has 2 aliphatic rings. The molecule has 1 aromatic heterocycles. The van der Waals surface area contributed by atoms with Crippen LogP contribution >= 0.6 is 12.4 Å². The molecule has 3 heterocycles. The molecule has 1 aromatic rings. The molecule has 3 rings (SSSR count). The van der Waals surface area contributed by atoms with Crippen LogP contribution < -0.4 is 5.32 Å². The van der Waals surface area contributed by atoms with E-state index in [4.69, 9.17) is 4.74 Å². The summed E-state index contributed by atoms with van der Waals surface area (Å²) < 4.78 is 34.6. The second kappa shape index (κ2) is 7.70. The van der Waals surface area contributed by atoms with Crippen molar-refractivity contribution in [2.24, 2.45) is 11.3 Å². The van der Waals surface area contributed by atoms with Gasteiger partial charge >= 0.3 is 0 Å². The predicted octanol–water partition coefficient (Wildman–Crippen LogP) is 0.961. The number of halogens is 1. The van der Waals surface area contributed by atoms with Gasteiger partial charge in [-0.15, -0.1) is 12.4 Å². The van der Waals surface area contributed by atoms with Crippen LogP contribution in [-0.2, 0) is 21.3 Å². The summed E-state index contributed by atoms with van der Waals surface area (Å²) in [5.41, 5.74) is 0.0368. The Kier molecular flexibility index (Phi) is 6.30. The van der Waals surface area contributed by atoms with Gasteiger partial charge in [0.05, 0.1) is 12.8 Å². The number of sulfonamides is 1. The number of methoxy groups -OCH3 is 1. The molecule has 0 aromatic carbocycles. The van der Waals surface area contributed by atoms with Gasteiger partial charge in [0.1, 0.15) is 4.90 Å². The summed E-state index contributed by atoms with van der Waals surface area (Å²) in [5, 5.41) is 7.48. The first kappa shape index (κ1) is 19.7. The maximum absolute atomic E-state index is 13.0. The second-order valence-corrected chi connectivity index (χ2v) is 8.53. The largest absolute Gasteiger partial charge is 0.384 e. The summed E-state index contributed by atoms with van der Waals surface area (Å²) in [5.74, 6) is 0.255. The zero-order valence-electron chi connectivity index (χ0n) is 14.3. The summed E-state index contributed by atoms with van der Waals surface area (Å²) in [6, 6.07) is 0. The molecule has 9 heteroatoms. The first-order valence-corrected chi connectivity index (χ1v) is 9.68. The van der Waals surface area contributed by atoms with Crippen molar-refractivity contribution in [2.45, 2.75) is 31.2 Å². The molecule has 0 bridgehead atoms. The monoisotopic (exact) mass is 378 g/mol. The molecule has 7 nitrogen and oxygen atoms in total. The van der Waals surface area contributed by atoms with Crippen LogP contribution in [-0.4, -0.2) is 62.4 Å². The second-order valence-electron chi connectivity index (χ2n) is 6.59. The molecule has 0 saturated carbocycles. The van der Waals surface area contributed by atoms with Crippen molar-refractivity contribution >= 4 is 22.4 Å². The van der Waals surface area contributed by atoms with Crippen molar-refractivity contribution in [3.63, 3.8) is 0 Å². The van der Waals surface area contributed by atoms with Gasteiger partial charge in [-0.25, -0.2) is 8.42 Å². The van der Waals surface area contributed by atoms with Crippen LogP contribution in [0.3, 0.4) is 0 Å². The quantitative estimate of drug-likeness (QED) is 0.825. The molecule has 2 saturated heterocycles. The summed E-state index contributed by atoms with van der Waals surface area (Å²) >= 11 is 0. The molecule has 1 unspecified atom stereocenters. The lowest BCUT2D eigenvalue weighted by molar-refractivity contribution is 0.0718. The van der Waals surface area contributed by atoms with Crippen LogP contribution in [0.5, 0.6) is 0 Å². The Morgan fingerprint density at radius 3 is 2.71 bits per heavy atom. The minimum atomic E-state index is -3.48. The highest BCUT2D eigenvalue weighted by Gasteiger charge is 2.50. The number of ether oxygens (including phenoxy) is 1. The fraction of sp³-hybridized carbons (Fsp3) is 0.800. The van der Waals surface area contributed by atoms with Gasteiger partial charge in [-0.2, -0.15) is 9.40 Å². The normalized spacial score (nSPS) is 24.2. The molecule has 2 fully saturated rings. The first-order valence-electron chi connectivity index (χ1n) is 8.24. The Morgan fingerprint density at radius 1 is 1.42 bits per heavy atom. The van der Waals surface area contributed by atoms with Gasteiger partial charge < -0.3 is 10.1 Å². The summed E-state index contributed by atoms with van der Waals surface area (Å²) in [7, 11) is -1.79. The Morgan fingerprint density at radius 2 is 2.12 bits per heavy atom. The fourth-order valence-corrected chi connectivity index (χ4v) is 5.43. The molecule has 138 valence electrons. The minimum Gasteiger partial charge on any atom is -0.384 e. The number of hydrogen-bond donors (Lipinski definition) is 1. The van der Waals surface area contributed by atoms with E-state index in [-0.39, 0.29) is 23.7 Å². The third-order valence-corrected chi connectivity index (χ3v) is 7.08. The predicted molar refractivity (Wildman–Crippen MR) is 93.8 cm³/mol. The van der Waals surface area contributed by atoms with Gasteiger partial charge in [0.15, 0.2) is 0 Å². The first-order chi connectivity index (χ1) is 11.0. The molecule has 24 heavy (non-hydrogen) atoms. The van der Waals surface area contributed by atoms with Crippen molar-refractivity contribution in [1.29, 1.82) is 0 Å². The fourth-order valence-electron chi connectivity index (χ4n) is 3.89. The number of nitrogens with zero attached hydrogens (tertiary/aromatic N) is 3. The molecule has 1 atom stereocenters. The van der Waals surface area contributed by atoms with Crippen molar-refractivity contribution in [1.82, 2.24) is 19.4 Å². The number of rotatable bonds is 5. The van der Waals surface area contributed by atoms with Crippen LogP contribution in [0.2, 0.25) is 0 Å². The molecule has 1 N–H and O–H groups in total. The van der Waals surface area contributed by atoms with E-state index in [1.807, 2.05) is 6.92 Å². The number of aryl methyl sites for hydroxylation is 1. The highest BCUT2D eigenvalue weighted by Crippen LogP contribution is 2.45. The topological polar surface area (TPSA) is 76.5 Å². The zero-order valence-corrected chi connectivity index (χ0v) is 15.9. The Balaban J connectivity index is 0.00000208. The van der Waals surface area contributed by atoms with Gasteiger partial charge in [-0.3, -0.25) is 4.68 Å². The van der Waals surface area contributed by atoms with E-state index in [2.05, 4.69) is 10.4 Å². The van der Waals surface area contributed by atoms with E-state index in [0.29, 0.717) is 31.1 Å². The summed E-state index contributed by atoms with van der Waals surface area (Å²) in [6.45, 7) is 6.23. The van der Waals surface area contributed by atoms with E-state index in [0.717, 1.165) is 25.9 Å². The lowest BCUT2D eigenvalue weighted by atomic mass is 9.71. The van der Waals surface area contributed by atoms with Gasteiger partial charge in [-0.1, -0.05) is 0 Å². The number of hydrogen-bond acceptors (Lipinski definition) is 5. The van der Waals surface area contributed by atoms with Crippen LogP contribution in [0, 0.1) is 11.3 Å². The SMILES string of the molecule is CCn1cc(S(=O)(=O)N2CC(COC)C3(CCNCC3)C2)cn1.Cl. The lowest BCUT2D eigenvalue weighted by Crippen LogP contribution is -2.43. The van der Waals surface area contributed by atoms with Gasteiger partial charge in [-0.05, 0) is 38.3 Å². The summed E-state index contributed by atoms with van der Waals surface area (Å²) in [4.78, 5) is 0.293. The third kappa shape index (κ3) is 3.48. The van der Waals surface area contributed by atoms with Crippen LogP contribution in [0.4, 0.5) is 0 Å². The van der Waals surface area contributed by atoms with Gasteiger partial charge in [0, 0.05) is 38.9 Å². The van der Waals surface area contributed by atoms with Crippen molar-refractivity contribution in [3.05, 3.63) is 12.4 Å². The highest BCUT2D eigenvalue weighted by molar-refractivity contribution is 7.89. The minimum absolute atomic E-state index is 0. The maximum Gasteiger partial charge on any atom is 0.246 e. The van der Waals surface area contributed by atoms with Gasteiger partial charge in [0.2, 0.25) is 10.0 Å². The van der Waals surface area contributed by atoms with E-state index < -0.39 is 10.0 Å². The Hall–Kier alpha value is -0.670. The summed E-state index contributed by atoms with van der Waals surface area (Å²) in [6.07, 6.45) is 5.08. The molecule has 0 aliphatic carbocycles. The van der Waals surface area contributed by atoms with Crippen molar-refractivity contribution in [3.8, 4) is 0 Å². The lowest BCUT2D eigenvalue weighted by Gasteiger charge is -2.38. The molecule has 1 spiro atoms. The molecule has 2 aliphatic heterocycles. The average Bonchev–Trinajstić information content (AvgIpc) is 3.15. The van der Waals surface area contributed by atoms with E-state index in [9.17, 15) is 8.42 Å². The van der Waals surface area contributed by atoms with Crippen LogP contribution in [0.25, 0.3) is 0 Å². The van der Waals surface area contributed by atoms with Crippen LogP contribution in [0.1, 0.15) is 19.8 Å². The molecular weight excluding hydrogens is 352 g/mol. The van der Waals surface area contributed by atoms with E-state index >= 15 is 0 Å². The molecular formula is C15H27ClN4O3S. The van der Waals surface area contributed by atoms with Crippen molar-refractivity contribution in [2.75, 3.05) is 39.9 Å². The average molecular weight is 379 g/mol. The Labute approximate surface area is 150 Å². The number of aromatic nitrogens is 2. The van der Waals surface area contributed by atoms with E-state index in [1.165, 1.54) is 6.20 Å². The van der Waals surface area contributed by atoms with Crippen LogP contribution in [0.15, 0.2) is 17.3 Å². The molecule has 0 radical (unpaired) electrons. The highest BCUT2D eigenvalue weighted by atomic mass is 35.5. The molecule has 0 amide bonds. The third-order valence-electron chi connectivity index (χ3n) is 5.32. The van der Waals surface area contributed by atoms with E-state index in [1.54, 1.807) is 22.3 Å². The Bertz CT molecular complexity index is 643. The number of piperidine rings is 1. The maximum atomic E-state index is 13.0. The zero-order chi connectivity index (χ0) is 16.5. The van der Waals surface area contributed by atoms with Gasteiger partial charge in [0.25, 0.3) is 0 Å².